The minimum Gasteiger partial charge on any atom is -0.412 e. The van der Waals surface area contributed by atoms with E-state index >= 15 is 0 Å². The van der Waals surface area contributed by atoms with Crippen molar-refractivity contribution in [3.63, 3.8) is 0 Å². The number of nitrogens with one attached hydrogen (secondary N) is 1. The molecule has 28 heavy (non-hydrogen) atoms. The fourth-order valence-electron chi connectivity index (χ4n) is 2.27. The largest absolute Gasteiger partial charge is 0.412 e. The number of hydrogen-bond donors (Lipinski definition) is 1. The molecule has 1 amide bonds. The van der Waals surface area contributed by atoms with Crippen LogP contribution in [0.1, 0.15) is 16.2 Å². The van der Waals surface area contributed by atoms with Crippen LogP contribution in [-0.4, -0.2) is 42.9 Å². The van der Waals surface area contributed by atoms with Gasteiger partial charge in [0.1, 0.15) is 0 Å². The highest BCUT2D eigenvalue weighted by atomic mass is 79.9. The summed E-state index contributed by atoms with van der Waals surface area (Å²) in [5, 5.41) is 10.3. The van der Waals surface area contributed by atoms with Crippen LogP contribution >= 0.6 is 15.9 Å². The minimum atomic E-state index is -3.52. The third-order valence-corrected chi connectivity index (χ3v) is 6.22. The van der Waals surface area contributed by atoms with Gasteiger partial charge in [-0.2, -0.15) is 0 Å². The van der Waals surface area contributed by atoms with Gasteiger partial charge < -0.3 is 9.73 Å². The summed E-state index contributed by atoms with van der Waals surface area (Å²) in [5.74, 6) is -0.534. The van der Waals surface area contributed by atoms with Crippen LogP contribution in [0.2, 0.25) is 0 Å². The summed E-state index contributed by atoms with van der Waals surface area (Å²) >= 11 is 3.35. The summed E-state index contributed by atoms with van der Waals surface area (Å²) in [6.45, 7) is 0.320. The molecule has 146 valence electrons. The number of aromatic nitrogens is 2. The average Bonchev–Trinajstić information content (AvgIpc) is 3.17. The first-order chi connectivity index (χ1) is 13.3. The SMILES string of the molecule is CN(C)S(=O)(=O)c1ccc(-c2nnc(C(=O)NCc3ccc(Br)cc3)o2)cc1. The first-order valence-corrected chi connectivity index (χ1v) is 10.4. The summed E-state index contributed by atoms with van der Waals surface area (Å²) in [5.41, 5.74) is 1.44. The van der Waals surface area contributed by atoms with Gasteiger partial charge in [0, 0.05) is 30.7 Å². The lowest BCUT2D eigenvalue weighted by atomic mass is 10.2. The van der Waals surface area contributed by atoms with Gasteiger partial charge in [-0.3, -0.25) is 4.79 Å². The van der Waals surface area contributed by atoms with Gasteiger partial charge in [-0.05, 0) is 42.0 Å². The fourth-order valence-corrected chi connectivity index (χ4v) is 3.44. The van der Waals surface area contributed by atoms with Crippen molar-refractivity contribution in [2.45, 2.75) is 11.4 Å². The van der Waals surface area contributed by atoms with Crippen LogP contribution in [0, 0.1) is 0 Å². The Hall–Kier alpha value is -2.56. The summed E-state index contributed by atoms with van der Waals surface area (Å²) in [6.07, 6.45) is 0. The van der Waals surface area contributed by atoms with Crippen LogP contribution in [0.15, 0.2) is 62.3 Å². The van der Waals surface area contributed by atoms with E-state index in [4.69, 9.17) is 4.42 Å². The number of nitrogens with zero attached hydrogens (tertiary/aromatic N) is 3. The van der Waals surface area contributed by atoms with Gasteiger partial charge in [0.05, 0.1) is 4.90 Å². The van der Waals surface area contributed by atoms with E-state index in [0.29, 0.717) is 12.1 Å². The van der Waals surface area contributed by atoms with Gasteiger partial charge in [-0.25, -0.2) is 12.7 Å². The Bertz CT molecular complexity index is 1080. The molecular formula is C18H17BrN4O4S. The Morgan fingerprint density at radius 3 is 2.32 bits per heavy atom. The number of hydrogen-bond acceptors (Lipinski definition) is 6. The first-order valence-electron chi connectivity index (χ1n) is 8.16. The molecule has 0 spiro atoms. The topological polar surface area (TPSA) is 105 Å². The third-order valence-electron chi connectivity index (χ3n) is 3.87. The van der Waals surface area contributed by atoms with Gasteiger partial charge >= 0.3 is 11.8 Å². The molecule has 1 heterocycles. The zero-order chi connectivity index (χ0) is 20.3. The molecule has 0 saturated carbocycles. The van der Waals surface area contributed by atoms with Crippen LogP contribution < -0.4 is 5.32 Å². The number of rotatable bonds is 6. The molecule has 1 aromatic heterocycles. The molecule has 2 aromatic carbocycles. The molecule has 3 rings (SSSR count). The molecule has 0 saturated heterocycles. The molecule has 10 heteroatoms. The molecule has 1 N–H and O–H groups in total. The number of carbonyl (C=O) groups excluding carboxylic acids is 1. The number of benzene rings is 2. The van der Waals surface area contributed by atoms with Crippen LogP contribution in [0.5, 0.6) is 0 Å². The van der Waals surface area contributed by atoms with Crippen molar-refractivity contribution in [1.29, 1.82) is 0 Å². The summed E-state index contributed by atoms with van der Waals surface area (Å²) in [6, 6.07) is 13.5. The van der Waals surface area contributed by atoms with Crippen molar-refractivity contribution >= 4 is 31.9 Å². The lowest BCUT2D eigenvalue weighted by molar-refractivity contribution is 0.0917. The van der Waals surface area contributed by atoms with Gasteiger partial charge in [0.2, 0.25) is 15.9 Å². The summed E-state index contributed by atoms with van der Waals surface area (Å²) < 4.78 is 31.7. The Morgan fingerprint density at radius 2 is 1.71 bits per heavy atom. The lowest BCUT2D eigenvalue weighted by Crippen LogP contribution is -2.23. The molecule has 0 unspecified atom stereocenters. The maximum atomic E-state index is 12.2. The Labute approximate surface area is 170 Å². The number of sulfonamides is 1. The lowest BCUT2D eigenvalue weighted by Gasteiger charge is -2.11. The van der Waals surface area contributed by atoms with Crippen molar-refractivity contribution in [1.82, 2.24) is 19.8 Å². The number of amides is 1. The molecule has 8 nitrogen and oxygen atoms in total. The maximum absolute atomic E-state index is 12.2. The van der Waals surface area contributed by atoms with Crippen molar-refractivity contribution < 1.29 is 17.6 Å². The van der Waals surface area contributed by atoms with E-state index < -0.39 is 15.9 Å². The smallest absolute Gasteiger partial charge is 0.309 e. The van der Waals surface area contributed by atoms with E-state index in [-0.39, 0.29) is 16.7 Å². The zero-order valence-corrected chi connectivity index (χ0v) is 17.5. The quantitative estimate of drug-likeness (QED) is 0.600. The number of halogens is 1. The Kier molecular flexibility index (Phi) is 5.92. The Balaban J connectivity index is 1.69. The van der Waals surface area contributed by atoms with E-state index in [9.17, 15) is 13.2 Å². The van der Waals surface area contributed by atoms with Crippen molar-refractivity contribution in [3.05, 3.63) is 64.5 Å². The van der Waals surface area contributed by atoms with Gasteiger partial charge in [-0.1, -0.05) is 28.1 Å². The molecule has 0 radical (unpaired) electrons. The van der Waals surface area contributed by atoms with Crippen molar-refractivity contribution in [2.75, 3.05) is 14.1 Å². The van der Waals surface area contributed by atoms with Gasteiger partial charge in [-0.15, -0.1) is 10.2 Å². The Morgan fingerprint density at radius 1 is 1.07 bits per heavy atom. The average molecular weight is 465 g/mol. The second-order valence-electron chi connectivity index (χ2n) is 6.03. The second-order valence-corrected chi connectivity index (χ2v) is 9.10. The summed E-state index contributed by atoms with van der Waals surface area (Å²) in [7, 11) is -0.603. The van der Waals surface area contributed by atoms with Gasteiger partial charge in [0.25, 0.3) is 0 Å². The highest BCUT2D eigenvalue weighted by molar-refractivity contribution is 9.10. The molecule has 0 aliphatic rings. The van der Waals surface area contributed by atoms with E-state index in [1.54, 1.807) is 12.1 Å². The zero-order valence-electron chi connectivity index (χ0n) is 15.1. The standard InChI is InChI=1S/C18H17BrN4O4S/c1-23(2)28(25,26)15-9-5-13(6-10-15)17-21-22-18(27-17)16(24)20-11-12-3-7-14(19)8-4-12/h3-10H,11H2,1-2H3,(H,20,24). The predicted molar refractivity (Wildman–Crippen MR) is 106 cm³/mol. The van der Waals surface area contributed by atoms with Crippen molar-refractivity contribution in [3.8, 4) is 11.5 Å². The number of carbonyl (C=O) groups is 1. The third kappa shape index (κ3) is 4.46. The van der Waals surface area contributed by atoms with Crippen LogP contribution in [0.25, 0.3) is 11.5 Å². The van der Waals surface area contributed by atoms with E-state index in [1.165, 1.54) is 26.2 Å². The first kappa shape index (κ1) is 20.2. The monoisotopic (exact) mass is 464 g/mol. The predicted octanol–water partition coefficient (Wildman–Crippen LogP) is 2.68. The van der Waals surface area contributed by atoms with E-state index in [0.717, 1.165) is 14.3 Å². The molecule has 0 aliphatic heterocycles. The van der Waals surface area contributed by atoms with E-state index in [2.05, 4.69) is 31.4 Å². The molecule has 0 atom stereocenters. The fraction of sp³-hybridized carbons (Fsp3) is 0.167. The summed E-state index contributed by atoms with van der Waals surface area (Å²) in [4.78, 5) is 12.3. The highest BCUT2D eigenvalue weighted by Gasteiger charge is 2.19. The molecular weight excluding hydrogens is 448 g/mol. The van der Waals surface area contributed by atoms with Crippen molar-refractivity contribution in [2.24, 2.45) is 0 Å². The maximum Gasteiger partial charge on any atom is 0.309 e. The molecule has 3 aromatic rings. The van der Waals surface area contributed by atoms with Crippen LogP contribution in [-0.2, 0) is 16.6 Å². The van der Waals surface area contributed by atoms with Crippen LogP contribution in [0.3, 0.4) is 0 Å². The molecule has 0 aliphatic carbocycles. The molecule has 0 bridgehead atoms. The minimum absolute atomic E-state index is 0.127. The molecule has 0 fully saturated rings. The normalized spacial score (nSPS) is 11.6. The van der Waals surface area contributed by atoms with E-state index in [1.807, 2.05) is 24.3 Å². The van der Waals surface area contributed by atoms with Gasteiger partial charge in [0.15, 0.2) is 0 Å². The van der Waals surface area contributed by atoms with Crippen LogP contribution in [0.4, 0.5) is 0 Å². The highest BCUT2D eigenvalue weighted by Crippen LogP contribution is 2.21. The second kappa shape index (κ2) is 8.21.